The Bertz CT molecular complexity index is 564. The first kappa shape index (κ1) is 13.5. The number of hydrogen-bond donors (Lipinski definition) is 2. The van der Waals surface area contributed by atoms with Gasteiger partial charge in [0.15, 0.2) is 0 Å². The number of anilines is 1. The van der Waals surface area contributed by atoms with Gasteiger partial charge in [0.2, 0.25) is 0 Å². The SMILES string of the molecule is Cc1ccccc1CCNc1ccc(C(N)=S)nc1. The van der Waals surface area contributed by atoms with Crippen LogP contribution < -0.4 is 11.1 Å². The first-order chi connectivity index (χ1) is 9.16. The highest BCUT2D eigenvalue weighted by molar-refractivity contribution is 7.80. The maximum Gasteiger partial charge on any atom is 0.122 e. The van der Waals surface area contributed by atoms with Gasteiger partial charge in [-0.15, -0.1) is 0 Å². The van der Waals surface area contributed by atoms with E-state index in [-0.39, 0.29) is 0 Å². The molecule has 0 radical (unpaired) electrons. The van der Waals surface area contributed by atoms with Crippen molar-refractivity contribution in [3.8, 4) is 0 Å². The molecule has 2 aromatic rings. The van der Waals surface area contributed by atoms with Crippen molar-refractivity contribution in [2.75, 3.05) is 11.9 Å². The number of nitrogens with one attached hydrogen (secondary N) is 1. The van der Waals surface area contributed by atoms with E-state index in [0.717, 1.165) is 18.7 Å². The van der Waals surface area contributed by atoms with Gasteiger partial charge in [0.1, 0.15) is 4.99 Å². The summed E-state index contributed by atoms with van der Waals surface area (Å²) < 4.78 is 0. The molecule has 0 bridgehead atoms. The number of aromatic nitrogens is 1. The minimum atomic E-state index is 0.325. The lowest BCUT2D eigenvalue weighted by Crippen LogP contribution is -2.12. The lowest BCUT2D eigenvalue weighted by atomic mass is 10.1. The van der Waals surface area contributed by atoms with Gasteiger partial charge in [-0.3, -0.25) is 4.98 Å². The predicted octanol–water partition coefficient (Wildman–Crippen LogP) is 2.68. The van der Waals surface area contributed by atoms with Gasteiger partial charge in [-0.05, 0) is 36.6 Å². The first-order valence-electron chi connectivity index (χ1n) is 6.21. The molecule has 0 saturated carbocycles. The minimum absolute atomic E-state index is 0.325. The summed E-state index contributed by atoms with van der Waals surface area (Å²) in [6, 6.07) is 12.2. The van der Waals surface area contributed by atoms with E-state index in [9.17, 15) is 0 Å². The fourth-order valence-corrected chi connectivity index (χ4v) is 2.00. The molecule has 19 heavy (non-hydrogen) atoms. The Balaban J connectivity index is 1.89. The Morgan fingerprint density at radius 2 is 2.05 bits per heavy atom. The summed E-state index contributed by atoms with van der Waals surface area (Å²) in [7, 11) is 0. The van der Waals surface area contributed by atoms with E-state index in [4.69, 9.17) is 18.0 Å². The number of nitrogens with zero attached hydrogens (tertiary/aromatic N) is 1. The second kappa shape index (κ2) is 6.29. The van der Waals surface area contributed by atoms with Crippen LogP contribution in [0, 0.1) is 6.92 Å². The zero-order chi connectivity index (χ0) is 13.7. The van der Waals surface area contributed by atoms with Crippen molar-refractivity contribution in [3.05, 3.63) is 59.4 Å². The molecule has 0 aliphatic heterocycles. The zero-order valence-electron chi connectivity index (χ0n) is 10.9. The average molecular weight is 271 g/mol. The fraction of sp³-hybridized carbons (Fsp3) is 0.200. The van der Waals surface area contributed by atoms with Crippen LogP contribution in [0.3, 0.4) is 0 Å². The normalized spacial score (nSPS) is 10.2. The molecule has 0 fully saturated rings. The molecule has 1 heterocycles. The smallest absolute Gasteiger partial charge is 0.122 e. The number of aryl methyl sites for hydroxylation is 1. The molecule has 0 saturated heterocycles. The van der Waals surface area contributed by atoms with Gasteiger partial charge < -0.3 is 11.1 Å². The van der Waals surface area contributed by atoms with Gasteiger partial charge in [-0.25, -0.2) is 0 Å². The van der Waals surface area contributed by atoms with Crippen LogP contribution in [0.4, 0.5) is 5.69 Å². The van der Waals surface area contributed by atoms with Crippen LogP contribution in [0.5, 0.6) is 0 Å². The van der Waals surface area contributed by atoms with Gasteiger partial charge in [0.25, 0.3) is 0 Å². The Morgan fingerprint density at radius 1 is 1.26 bits per heavy atom. The van der Waals surface area contributed by atoms with Crippen molar-refractivity contribution in [3.63, 3.8) is 0 Å². The second-order valence-corrected chi connectivity index (χ2v) is 4.84. The molecule has 1 aromatic heterocycles. The molecule has 0 amide bonds. The number of nitrogens with two attached hydrogens (primary N) is 1. The van der Waals surface area contributed by atoms with E-state index in [0.29, 0.717) is 10.7 Å². The molecule has 2 rings (SSSR count). The summed E-state index contributed by atoms with van der Waals surface area (Å²) in [5.74, 6) is 0. The van der Waals surface area contributed by atoms with Crippen LogP contribution in [0.15, 0.2) is 42.6 Å². The van der Waals surface area contributed by atoms with Crippen LogP contribution >= 0.6 is 12.2 Å². The van der Waals surface area contributed by atoms with Gasteiger partial charge >= 0.3 is 0 Å². The van der Waals surface area contributed by atoms with E-state index in [1.54, 1.807) is 6.20 Å². The van der Waals surface area contributed by atoms with Crippen molar-refractivity contribution in [2.45, 2.75) is 13.3 Å². The van der Waals surface area contributed by atoms with E-state index < -0.39 is 0 Å². The molecule has 3 nitrogen and oxygen atoms in total. The van der Waals surface area contributed by atoms with Gasteiger partial charge in [-0.1, -0.05) is 36.5 Å². The Hall–Kier alpha value is -1.94. The second-order valence-electron chi connectivity index (χ2n) is 4.40. The zero-order valence-corrected chi connectivity index (χ0v) is 11.7. The highest BCUT2D eigenvalue weighted by Crippen LogP contribution is 2.09. The standard InChI is InChI=1S/C15H17N3S/c1-11-4-2-3-5-12(11)8-9-17-13-6-7-14(15(16)19)18-10-13/h2-7,10,17H,8-9H2,1H3,(H2,16,19). The Morgan fingerprint density at radius 3 is 2.68 bits per heavy atom. The minimum Gasteiger partial charge on any atom is -0.388 e. The van der Waals surface area contributed by atoms with Crippen molar-refractivity contribution >= 4 is 22.9 Å². The number of benzene rings is 1. The van der Waals surface area contributed by atoms with Crippen LogP contribution in [0.2, 0.25) is 0 Å². The summed E-state index contributed by atoms with van der Waals surface area (Å²) in [4.78, 5) is 4.52. The molecule has 3 N–H and O–H groups in total. The Labute approximate surface area is 118 Å². The number of hydrogen-bond acceptors (Lipinski definition) is 3. The summed E-state index contributed by atoms with van der Waals surface area (Å²) >= 11 is 4.87. The third kappa shape index (κ3) is 3.76. The summed E-state index contributed by atoms with van der Waals surface area (Å²) in [6.07, 6.45) is 2.75. The van der Waals surface area contributed by atoms with Crippen LogP contribution in [-0.2, 0) is 6.42 Å². The van der Waals surface area contributed by atoms with Gasteiger partial charge in [-0.2, -0.15) is 0 Å². The van der Waals surface area contributed by atoms with Crippen molar-refractivity contribution in [1.29, 1.82) is 0 Å². The number of rotatable bonds is 5. The quantitative estimate of drug-likeness (QED) is 0.821. The van der Waals surface area contributed by atoms with E-state index in [1.165, 1.54) is 11.1 Å². The molecule has 0 spiro atoms. The molecule has 0 aliphatic rings. The first-order valence-corrected chi connectivity index (χ1v) is 6.62. The van der Waals surface area contributed by atoms with E-state index in [1.807, 2.05) is 12.1 Å². The summed E-state index contributed by atoms with van der Waals surface area (Å²) in [5.41, 5.74) is 9.83. The molecule has 1 aromatic carbocycles. The fourth-order valence-electron chi connectivity index (χ4n) is 1.88. The summed E-state index contributed by atoms with van der Waals surface area (Å²) in [5, 5.41) is 3.34. The van der Waals surface area contributed by atoms with Gasteiger partial charge in [0.05, 0.1) is 17.6 Å². The molecule has 4 heteroatoms. The average Bonchev–Trinajstić information content (AvgIpc) is 2.41. The largest absolute Gasteiger partial charge is 0.388 e. The third-order valence-electron chi connectivity index (χ3n) is 3.00. The van der Waals surface area contributed by atoms with Crippen molar-refractivity contribution < 1.29 is 0 Å². The third-order valence-corrected chi connectivity index (χ3v) is 3.21. The van der Waals surface area contributed by atoms with Crippen LogP contribution in [-0.4, -0.2) is 16.5 Å². The van der Waals surface area contributed by atoms with Crippen molar-refractivity contribution in [1.82, 2.24) is 4.98 Å². The maximum absolute atomic E-state index is 5.51. The monoisotopic (exact) mass is 271 g/mol. The topological polar surface area (TPSA) is 50.9 Å². The predicted molar refractivity (Wildman–Crippen MR) is 83.5 cm³/mol. The molecule has 0 atom stereocenters. The highest BCUT2D eigenvalue weighted by atomic mass is 32.1. The Kier molecular flexibility index (Phi) is 4.47. The molecule has 0 aliphatic carbocycles. The lowest BCUT2D eigenvalue weighted by Gasteiger charge is -2.08. The van der Waals surface area contributed by atoms with Crippen molar-refractivity contribution in [2.24, 2.45) is 5.73 Å². The number of thiocarbonyl (C=S) groups is 1. The summed E-state index contributed by atoms with van der Waals surface area (Å²) in [6.45, 7) is 3.01. The van der Waals surface area contributed by atoms with E-state index in [2.05, 4.69) is 41.5 Å². The lowest BCUT2D eigenvalue weighted by molar-refractivity contribution is 1.00. The maximum atomic E-state index is 5.51. The van der Waals surface area contributed by atoms with Crippen LogP contribution in [0.1, 0.15) is 16.8 Å². The van der Waals surface area contributed by atoms with Gasteiger partial charge in [0, 0.05) is 6.54 Å². The highest BCUT2D eigenvalue weighted by Gasteiger charge is 1.99. The number of pyridine rings is 1. The molecule has 98 valence electrons. The van der Waals surface area contributed by atoms with Crippen LogP contribution in [0.25, 0.3) is 0 Å². The molecular formula is C15H17N3S. The van der Waals surface area contributed by atoms with E-state index >= 15 is 0 Å². The molecular weight excluding hydrogens is 254 g/mol. The molecule has 0 unspecified atom stereocenters.